The summed E-state index contributed by atoms with van der Waals surface area (Å²) in [6, 6.07) is 12.4. The van der Waals surface area contributed by atoms with Crippen LogP contribution in [0.5, 0.6) is 0 Å². The van der Waals surface area contributed by atoms with Crippen molar-refractivity contribution in [2.45, 2.75) is 13.5 Å². The summed E-state index contributed by atoms with van der Waals surface area (Å²) in [5.74, 6) is -0.925. The molecule has 0 saturated carbocycles. The molecule has 5 nitrogen and oxygen atoms in total. The van der Waals surface area contributed by atoms with E-state index in [1.54, 1.807) is 37.4 Å². The molecule has 0 spiro atoms. The van der Waals surface area contributed by atoms with Crippen molar-refractivity contribution in [2.24, 2.45) is 0 Å². The highest BCUT2D eigenvalue weighted by Crippen LogP contribution is 2.19. The van der Waals surface area contributed by atoms with Gasteiger partial charge in [0.25, 0.3) is 5.91 Å². The Kier molecular flexibility index (Phi) is 6.52. The first kappa shape index (κ1) is 18.2. The lowest BCUT2D eigenvalue weighted by atomic mass is 10.1. The van der Waals surface area contributed by atoms with Crippen LogP contribution in [0.4, 0.5) is 5.69 Å². The predicted octanol–water partition coefficient (Wildman–Crippen LogP) is 3.70. The molecule has 0 aliphatic rings. The van der Waals surface area contributed by atoms with E-state index in [9.17, 15) is 9.59 Å². The largest absolute Gasteiger partial charge is 0.452 e. The molecule has 0 aliphatic heterocycles. The Morgan fingerprint density at radius 2 is 1.83 bits per heavy atom. The summed E-state index contributed by atoms with van der Waals surface area (Å²) in [6.45, 7) is 2.02. The monoisotopic (exact) mass is 391 g/mol. The number of methoxy groups -OCH3 is 1. The fourth-order valence-electron chi connectivity index (χ4n) is 2.07. The smallest absolute Gasteiger partial charge is 0.338 e. The van der Waals surface area contributed by atoms with Gasteiger partial charge in [0.05, 0.1) is 12.2 Å². The molecule has 1 N–H and O–H groups in total. The first-order valence-electron chi connectivity index (χ1n) is 7.30. The van der Waals surface area contributed by atoms with Crippen LogP contribution in [-0.4, -0.2) is 25.6 Å². The number of carbonyl (C=O) groups excluding carboxylic acids is 2. The molecule has 2 aromatic rings. The van der Waals surface area contributed by atoms with Crippen LogP contribution in [0.15, 0.2) is 46.9 Å². The van der Waals surface area contributed by atoms with Crippen LogP contribution < -0.4 is 5.32 Å². The highest BCUT2D eigenvalue weighted by Gasteiger charge is 2.11. The van der Waals surface area contributed by atoms with E-state index in [1.807, 2.05) is 19.1 Å². The van der Waals surface area contributed by atoms with Crippen molar-refractivity contribution < 1.29 is 19.1 Å². The number of hydrogen-bond acceptors (Lipinski definition) is 4. The molecule has 0 bridgehead atoms. The summed E-state index contributed by atoms with van der Waals surface area (Å²) >= 11 is 3.36. The SMILES string of the molecule is COCc1ccc(C(=O)OCC(=O)Nc2ccc(Br)cc2C)cc1. The van der Waals surface area contributed by atoms with E-state index < -0.39 is 5.97 Å². The van der Waals surface area contributed by atoms with Gasteiger partial charge in [0, 0.05) is 17.3 Å². The highest BCUT2D eigenvalue weighted by molar-refractivity contribution is 9.10. The molecule has 6 heteroatoms. The number of anilines is 1. The number of amides is 1. The average Bonchev–Trinajstić information content (AvgIpc) is 2.56. The van der Waals surface area contributed by atoms with Gasteiger partial charge in [0.2, 0.25) is 0 Å². The van der Waals surface area contributed by atoms with Gasteiger partial charge in [-0.15, -0.1) is 0 Å². The maximum Gasteiger partial charge on any atom is 0.338 e. The van der Waals surface area contributed by atoms with Crippen LogP contribution in [0.1, 0.15) is 21.5 Å². The van der Waals surface area contributed by atoms with Crippen LogP contribution in [0, 0.1) is 6.92 Å². The molecule has 2 rings (SSSR count). The topological polar surface area (TPSA) is 64.6 Å². The van der Waals surface area contributed by atoms with Gasteiger partial charge < -0.3 is 14.8 Å². The minimum absolute atomic E-state index is 0.339. The van der Waals surface area contributed by atoms with Crippen LogP contribution in [-0.2, 0) is 20.9 Å². The van der Waals surface area contributed by atoms with Gasteiger partial charge in [-0.2, -0.15) is 0 Å². The third-order valence-corrected chi connectivity index (χ3v) is 3.79. The standard InChI is InChI=1S/C18H18BrNO4/c1-12-9-15(19)7-8-16(12)20-17(21)11-24-18(22)14-5-3-13(4-6-14)10-23-2/h3-9H,10-11H2,1-2H3,(H,20,21). The Labute approximate surface area is 149 Å². The van der Waals surface area contributed by atoms with Crippen LogP contribution in [0.3, 0.4) is 0 Å². The number of nitrogens with one attached hydrogen (secondary N) is 1. The Bertz CT molecular complexity index is 728. The Hall–Kier alpha value is -2.18. The van der Waals surface area contributed by atoms with Gasteiger partial charge in [0.1, 0.15) is 0 Å². The predicted molar refractivity (Wildman–Crippen MR) is 94.9 cm³/mol. The molecule has 24 heavy (non-hydrogen) atoms. The van der Waals surface area contributed by atoms with Gasteiger partial charge in [-0.05, 0) is 48.4 Å². The first-order valence-corrected chi connectivity index (χ1v) is 8.10. The van der Waals surface area contributed by atoms with Gasteiger partial charge in [0.15, 0.2) is 6.61 Å². The molecule has 126 valence electrons. The zero-order valence-electron chi connectivity index (χ0n) is 13.5. The van der Waals surface area contributed by atoms with Gasteiger partial charge in [-0.25, -0.2) is 4.79 Å². The van der Waals surface area contributed by atoms with Crippen LogP contribution >= 0.6 is 15.9 Å². The van der Waals surface area contributed by atoms with Crippen molar-refractivity contribution >= 4 is 33.5 Å². The fraction of sp³-hybridized carbons (Fsp3) is 0.222. The second kappa shape index (κ2) is 8.61. The number of ether oxygens (including phenoxy) is 2. The molecule has 0 saturated heterocycles. The van der Waals surface area contributed by atoms with Gasteiger partial charge >= 0.3 is 5.97 Å². The number of carbonyl (C=O) groups is 2. The van der Waals surface area contributed by atoms with E-state index in [2.05, 4.69) is 21.2 Å². The lowest BCUT2D eigenvalue weighted by molar-refractivity contribution is -0.119. The molecular formula is C18H18BrNO4. The second-order valence-electron chi connectivity index (χ2n) is 5.21. The minimum Gasteiger partial charge on any atom is -0.452 e. The van der Waals surface area contributed by atoms with E-state index in [-0.39, 0.29) is 12.5 Å². The Balaban J connectivity index is 1.87. The molecule has 0 heterocycles. The minimum atomic E-state index is -0.540. The molecule has 0 atom stereocenters. The maximum absolute atomic E-state index is 11.9. The molecule has 1 amide bonds. The normalized spacial score (nSPS) is 10.3. The summed E-state index contributed by atoms with van der Waals surface area (Å²) in [5, 5.41) is 2.72. The van der Waals surface area contributed by atoms with Crippen molar-refractivity contribution in [3.8, 4) is 0 Å². The van der Waals surface area contributed by atoms with E-state index in [4.69, 9.17) is 9.47 Å². The van der Waals surface area contributed by atoms with E-state index in [1.165, 1.54) is 0 Å². The summed E-state index contributed by atoms with van der Waals surface area (Å²) in [4.78, 5) is 23.9. The lowest BCUT2D eigenvalue weighted by Gasteiger charge is -2.09. The summed E-state index contributed by atoms with van der Waals surface area (Å²) in [5.41, 5.74) is 2.95. The first-order chi connectivity index (χ1) is 11.5. The number of halogens is 1. The summed E-state index contributed by atoms with van der Waals surface area (Å²) in [6.07, 6.45) is 0. The molecule has 0 radical (unpaired) electrons. The quantitative estimate of drug-likeness (QED) is 0.762. The molecule has 2 aromatic carbocycles. The van der Waals surface area contributed by atoms with Crippen LogP contribution in [0.2, 0.25) is 0 Å². The number of esters is 1. The zero-order chi connectivity index (χ0) is 17.5. The van der Waals surface area contributed by atoms with E-state index in [0.717, 1.165) is 15.6 Å². The van der Waals surface area contributed by atoms with Crippen molar-refractivity contribution in [1.82, 2.24) is 0 Å². The van der Waals surface area contributed by atoms with Crippen molar-refractivity contribution in [3.63, 3.8) is 0 Å². The Morgan fingerprint density at radius 1 is 1.12 bits per heavy atom. The fourth-order valence-corrected chi connectivity index (χ4v) is 2.55. The van der Waals surface area contributed by atoms with Crippen LogP contribution in [0.25, 0.3) is 0 Å². The molecule has 0 aliphatic carbocycles. The van der Waals surface area contributed by atoms with Crippen molar-refractivity contribution in [2.75, 3.05) is 19.0 Å². The number of aryl methyl sites for hydroxylation is 1. The third-order valence-electron chi connectivity index (χ3n) is 3.30. The maximum atomic E-state index is 11.9. The highest BCUT2D eigenvalue weighted by atomic mass is 79.9. The van der Waals surface area contributed by atoms with Crippen molar-refractivity contribution in [1.29, 1.82) is 0 Å². The van der Waals surface area contributed by atoms with Crippen molar-refractivity contribution in [3.05, 3.63) is 63.6 Å². The number of hydrogen-bond donors (Lipinski definition) is 1. The van der Waals surface area contributed by atoms with Gasteiger partial charge in [-0.3, -0.25) is 4.79 Å². The number of benzene rings is 2. The van der Waals surface area contributed by atoms with E-state index >= 15 is 0 Å². The Morgan fingerprint density at radius 3 is 2.46 bits per heavy atom. The van der Waals surface area contributed by atoms with Gasteiger partial charge in [-0.1, -0.05) is 28.1 Å². The lowest BCUT2D eigenvalue weighted by Crippen LogP contribution is -2.21. The summed E-state index contributed by atoms with van der Waals surface area (Å²) < 4.78 is 11.0. The molecule has 0 unspecified atom stereocenters. The second-order valence-corrected chi connectivity index (χ2v) is 6.13. The van der Waals surface area contributed by atoms with E-state index in [0.29, 0.717) is 17.9 Å². The zero-order valence-corrected chi connectivity index (χ0v) is 15.1. The third kappa shape index (κ3) is 5.18. The average molecular weight is 392 g/mol. The summed E-state index contributed by atoms with van der Waals surface area (Å²) in [7, 11) is 1.61. The molecular weight excluding hydrogens is 374 g/mol. The molecule has 0 aromatic heterocycles. The number of rotatable bonds is 6. The molecule has 0 fully saturated rings.